The number of carbonyl (C=O) groups is 1. The van der Waals surface area contributed by atoms with Crippen molar-refractivity contribution < 1.29 is 17.9 Å². The lowest BCUT2D eigenvalue weighted by Crippen LogP contribution is -2.22. The third-order valence-electron chi connectivity index (χ3n) is 4.61. The van der Waals surface area contributed by atoms with Crippen molar-refractivity contribution in [3.63, 3.8) is 0 Å². The monoisotopic (exact) mass is 440 g/mol. The smallest absolute Gasteiger partial charge is 0.255 e. The van der Waals surface area contributed by atoms with Crippen LogP contribution in [-0.4, -0.2) is 49.5 Å². The van der Waals surface area contributed by atoms with Crippen LogP contribution in [0.15, 0.2) is 59.5 Å². The highest BCUT2D eigenvalue weighted by Gasteiger charge is 2.18. The molecule has 0 fully saturated rings. The highest BCUT2D eigenvalue weighted by atomic mass is 32.2. The van der Waals surface area contributed by atoms with Crippen LogP contribution in [0.25, 0.3) is 11.3 Å². The van der Waals surface area contributed by atoms with Crippen molar-refractivity contribution in [2.75, 3.05) is 26.0 Å². The predicted molar refractivity (Wildman–Crippen MR) is 119 cm³/mol. The maximum absolute atomic E-state index is 12.7. The first kappa shape index (κ1) is 22.4. The van der Waals surface area contributed by atoms with Gasteiger partial charge >= 0.3 is 0 Å². The van der Waals surface area contributed by atoms with E-state index in [9.17, 15) is 13.2 Å². The van der Waals surface area contributed by atoms with Crippen LogP contribution in [0.3, 0.4) is 0 Å². The third-order valence-corrected chi connectivity index (χ3v) is 6.44. The van der Waals surface area contributed by atoms with Crippen molar-refractivity contribution >= 4 is 21.6 Å². The van der Waals surface area contributed by atoms with E-state index in [1.165, 1.54) is 38.4 Å². The lowest BCUT2D eigenvalue weighted by atomic mass is 10.1. The van der Waals surface area contributed by atoms with Gasteiger partial charge in [0.25, 0.3) is 5.91 Å². The van der Waals surface area contributed by atoms with E-state index < -0.39 is 10.0 Å². The molecule has 0 saturated heterocycles. The van der Waals surface area contributed by atoms with Crippen LogP contribution < -0.4 is 10.1 Å². The van der Waals surface area contributed by atoms with Gasteiger partial charge in [-0.3, -0.25) is 4.79 Å². The van der Waals surface area contributed by atoms with Crippen LogP contribution in [0.5, 0.6) is 5.88 Å². The molecule has 3 aromatic rings. The number of anilines is 1. The fourth-order valence-electron chi connectivity index (χ4n) is 2.80. The second kappa shape index (κ2) is 9.23. The van der Waals surface area contributed by atoms with Crippen LogP contribution in [0.4, 0.5) is 5.69 Å². The van der Waals surface area contributed by atoms with Crippen LogP contribution in [0, 0.1) is 6.92 Å². The Bertz CT molecular complexity index is 1180. The molecule has 0 spiro atoms. The number of ether oxygens (including phenoxy) is 1. The fraction of sp³-hybridized carbons (Fsp3) is 0.227. The van der Waals surface area contributed by atoms with Gasteiger partial charge in [0.2, 0.25) is 15.9 Å². The van der Waals surface area contributed by atoms with E-state index in [0.29, 0.717) is 29.4 Å². The average Bonchev–Trinajstić information content (AvgIpc) is 2.76. The van der Waals surface area contributed by atoms with Crippen LogP contribution >= 0.6 is 0 Å². The topological polar surface area (TPSA) is 101 Å². The number of carbonyl (C=O) groups excluding carboxylic acids is 1. The molecule has 0 saturated carbocycles. The highest BCUT2D eigenvalue weighted by Crippen LogP contribution is 2.25. The summed E-state index contributed by atoms with van der Waals surface area (Å²) >= 11 is 0. The zero-order valence-corrected chi connectivity index (χ0v) is 18.6. The Hall–Kier alpha value is -3.30. The van der Waals surface area contributed by atoms with Gasteiger partial charge in [-0.2, -0.15) is 0 Å². The number of amides is 1. The first-order valence-corrected chi connectivity index (χ1v) is 11.1. The van der Waals surface area contributed by atoms with Crippen LogP contribution in [-0.2, 0) is 10.0 Å². The van der Waals surface area contributed by atoms with Crippen molar-refractivity contribution in [1.82, 2.24) is 14.5 Å². The van der Waals surface area contributed by atoms with Crippen LogP contribution in [0.2, 0.25) is 0 Å². The molecule has 1 amide bonds. The van der Waals surface area contributed by atoms with Crippen molar-refractivity contribution in [2.24, 2.45) is 0 Å². The van der Waals surface area contributed by atoms with Gasteiger partial charge in [-0.15, -0.1) is 10.2 Å². The molecule has 31 heavy (non-hydrogen) atoms. The number of aromatic nitrogens is 2. The summed E-state index contributed by atoms with van der Waals surface area (Å²) in [7, 11) is -0.631. The maximum atomic E-state index is 12.7. The van der Waals surface area contributed by atoms with Gasteiger partial charge in [0.1, 0.15) is 0 Å². The van der Waals surface area contributed by atoms with Crippen molar-refractivity contribution in [2.45, 2.75) is 18.7 Å². The molecule has 0 unspecified atom stereocenters. The number of nitrogens with zero attached hydrogens (tertiary/aromatic N) is 3. The Morgan fingerprint density at radius 3 is 2.32 bits per heavy atom. The summed E-state index contributed by atoms with van der Waals surface area (Å²) in [6, 6.07) is 15.0. The van der Waals surface area contributed by atoms with E-state index in [2.05, 4.69) is 15.5 Å². The van der Waals surface area contributed by atoms with Crippen molar-refractivity contribution in [3.8, 4) is 17.1 Å². The number of benzene rings is 2. The molecule has 1 aromatic heterocycles. The predicted octanol–water partition coefficient (Wildman–Crippen LogP) is 3.35. The Balaban J connectivity index is 1.80. The molecule has 162 valence electrons. The highest BCUT2D eigenvalue weighted by molar-refractivity contribution is 7.89. The molecule has 0 bridgehead atoms. The lowest BCUT2D eigenvalue weighted by Gasteiger charge is -2.13. The number of hydrogen-bond acceptors (Lipinski definition) is 6. The van der Waals surface area contributed by atoms with Crippen molar-refractivity contribution in [1.29, 1.82) is 0 Å². The van der Waals surface area contributed by atoms with Gasteiger partial charge in [-0.25, -0.2) is 12.7 Å². The summed E-state index contributed by atoms with van der Waals surface area (Å²) in [5.41, 5.74) is 3.30. The van der Waals surface area contributed by atoms with E-state index >= 15 is 0 Å². The van der Waals surface area contributed by atoms with Gasteiger partial charge in [-0.05, 0) is 55.8 Å². The second-order valence-electron chi connectivity index (χ2n) is 6.99. The summed E-state index contributed by atoms with van der Waals surface area (Å²) in [5.74, 6) is 0.110. The van der Waals surface area contributed by atoms with Gasteiger partial charge in [0.05, 0.1) is 17.2 Å². The number of rotatable bonds is 7. The van der Waals surface area contributed by atoms with E-state index in [1.54, 1.807) is 12.1 Å². The molecule has 0 aliphatic rings. The van der Waals surface area contributed by atoms with E-state index in [-0.39, 0.29) is 10.8 Å². The Morgan fingerprint density at radius 2 is 1.74 bits per heavy atom. The number of aryl methyl sites for hydroxylation is 1. The molecule has 1 heterocycles. The number of nitrogens with one attached hydrogen (secondary N) is 1. The zero-order valence-electron chi connectivity index (χ0n) is 17.8. The normalized spacial score (nSPS) is 11.4. The fourth-order valence-corrected chi connectivity index (χ4v) is 3.70. The molecule has 9 heteroatoms. The van der Waals surface area contributed by atoms with Gasteiger partial charge in [0.15, 0.2) is 0 Å². The summed E-state index contributed by atoms with van der Waals surface area (Å²) in [6.45, 7) is 4.27. The van der Waals surface area contributed by atoms with Crippen molar-refractivity contribution in [3.05, 3.63) is 65.7 Å². The molecule has 2 aromatic carbocycles. The first-order valence-electron chi connectivity index (χ1n) is 9.64. The number of sulfonamides is 1. The lowest BCUT2D eigenvalue weighted by molar-refractivity contribution is 0.102. The molecule has 1 N–H and O–H groups in total. The maximum Gasteiger partial charge on any atom is 0.255 e. The summed E-state index contributed by atoms with van der Waals surface area (Å²) in [6.07, 6.45) is 0. The number of hydrogen-bond donors (Lipinski definition) is 1. The second-order valence-corrected chi connectivity index (χ2v) is 9.14. The largest absolute Gasteiger partial charge is 0.477 e. The third kappa shape index (κ3) is 5.07. The minimum absolute atomic E-state index is 0.126. The minimum Gasteiger partial charge on any atom is -0.477 e. The minimum atomic E-state index is -3.55. The summed E-state index contributed by atoms with van der Waals surface area (Å²) < 4.78 is 30.8. The van der Waals surface area contributed by atoms with Gasteiger partial charge < -0.3 is 10.1 Å². The molecular weight excluding hydrogens is 416 g/mol. The molecular formula is C22H24N4O4S. The van der Waals surface area contributed by atoms with E-state index in [0.717, 1.165) is 15.4 Å². The van der Waals surface area contributed by atoms with E-state index in [1.807, 2.05) is 32.0 Å². The van der Waals surface area contributed by atoms with Gasteiger partial charge in [-0.1, -0.05) is 12.1 Å². The molecule has 3 rings (SSSR count). The molecule has 0 aliphatic carbocycles. The SMILES string of the molecule is CCOc1ccc(-c2ccc(C)c(NC(=O)c3ccc(S(=O)(=O)N(C)C)cc3)c2)nn1. The average molecular weight is 441 g/mol. The van der Waals surface area contributed by atoms with Crippen LogP contribution in [0.1, 0.15) is 22.8 Å². The van der Waals surface area contributed by atoms with Gasteiger partial charge in [0, 0.05) is 37.0 Å². The zero-order chi connectivity index (χ0) is 22.6. The first-order chi connectivity index (χ1) is 14.7. The summed E-state index contributed by atoms with van der Waals surface area (Å²) in [4.78, 5) is 12.8. The Labute approximate surface area is 181 Å². The Kier molecular flexibility index (Phi) is 6.67. The molecule has 0 radical (unpaired) electrons. The standard InChI is InChI=1S/C22H24N4O4S/c1-5-30-21-13-12-19(24-25-21)17-7-6-15(2)20(14-17)23-22(27)16-8-10-18(11-9-16)31(28,29)26(3)4/h6-14H,5H2,1-4H3,(H,23,27). The summed E-state index contributed by atoms with van der Waals surface area (Å²) in [5, 5.41) is 11.1. The van der Waals surface area contributed by atoms with E-state index in [4.69, 9.17) is 4.74 Å². The Morgan fingerprint density at radius 1 is 1.03 bits per heavy atom. The molecule has 0 atom stereocenters. The molecule has 0 aliphatic heterocycles. The molecule has 8 nitrogen and oxygen atoms in total. The quantitative estimate of drug-likeness (QED) is 0.605.